The second-order valence-corrected chi connectivity index (χ2v) is 6.42. The predicted octanol–water partition coefficient (Wildman–Crippen LogP) is 2.95. The van der Waals surface area contributed by atoms with Crippen LogP contribution >= 0.6 is 0 Å². The fourth-order valence-electron chi connectivity index (χ4n) is 3.78. The lowest BCUT2D eigenvalue weighted by atomic mass is 9.95. The molecule has 1 aromatic heterocycles. The van der Waals surface area contributed by atoms with Gasteiger partial charge in [0.05, 0.1) is 0 Å². The highest BCUT2D eigenvalue weighted by molar-refractivity contribution is 5.35. The van der Waals surface area contributed by atoms with Gasteiger partial charge in [-0.3, -0.25) is 4.90 Å². The molecule has 1 aliphatic carbocycles. The maximum atomic E-state index is 4.77. The summed E-state index contributed by atoms with van der Waals surface area (Å²) in [5.74, 6) is 0.842. The zero-order valence-corrected chi connectivity index (χ0v) is 13.5. The number of hydrogen-bond donors (Lipinski definition) is 1. The van der Waals surface area contributed by atoms with Gasteiger partial charge >= 0.3 is 0 Å². The molecule has 0 saturated carbocycles. The Morgan fingerprint density at radius 3 is 2.86 bits per heavy atom. The van der Waals surface area contributed by atoms with Crippen LogP contribution in [0.2, 0.25) is 0 Å². The van der Waals surface area contributed by atoms with Gasteiger partial charge in [-0.15, -0.1) is 0 Å². The van der Waals surface area contributed by atoms with Gasteiger partial charge in [0.25, 0.3) is 0 Å². The van der Waals surface area contributed by atoms with Crippen molar-refractivity contribution in [1.29, 1.82) is 0 Å². The van der Waals surface area contributed by atoms with Crippen molar-refractivity contribution in [2.75, 3.05) is 25.0 Å². The van der Waals surface area contributed by atoms with Crippen LogP contribution in [0.15, 0.2) is 0 Å². The van der Waals surface area contributed by atoms with E-state index in [4.69, 9.17) is 4.98 Å². The molecule has 1 unspecified atom stereocenters. The van der Waals surface area contributed by atoms with Gasteiger partial charge in [0.1, 0.15) is 0 Å². The number of nitrogens with zero attached hydrogens (tertiary/aromatic N) is 3. The average Bonchev–Trinajstić information content (AvgIpc) is 2.53. The highest BCUT2D eigenvalue weighted by Gasteiger charge is 2.21. The number of anilines is 1. The summed E-state index contributed by atoms with van der Waals surface area (Å²) in [6.45, 7) is 7.77. The molecule has 1 atom stereocenters. The van der Waals surface area contributed by atoms with Gasteiger partial charge in [-0.1, -0.05) is 13.3 Å². The van der Waals surface area contributed by atoms with E-state index in [0.29, 0.717) is 6.04 Å². The van der Waals surface area contributed by atoms with Crippen molar-refractivity contribution in [1.82, 2.24) is 14.9 Å². The summed E-state index contributed by atoms with van der Waals surface area (Å²) in [4.78, 5) is 12.0. The van der Waals surface area contributed by atoms with E-state index in [9.17, 15) is 0 Å². The summed E-state index contributed by atoms with van der Waals surface area (Å²) in [7, 11) is 0. The van der Waals surface area contributed by atoms with Gasteiger partial charge < -0.3 is 5.32 Å². The van der Waals surface area contributed by atoms with Gasteiger partial charge in [-0.05, 0) is 64.1 Å². The molecule has 2 aliphatic rings. The first kappa shape index (κ1) is 14.8. The highest BCUT2D eigenvalue weighted by Crippen LogP contribution is 2.23. The summed E-state index contributed by atoms with van der Waals surface area (Å²) in [5, 5.41) is 3.51. The van der Waals surface area contributed by atoms with Gasteiger partial charge in [-0.2, -0.15) is 0 Å². The number of hydrogen-bond acceptors (Lipinski definition) is 4. The van der Waals surface area contributed by atoms with E-state index in [1.165, 1.54) is 55.6 Å². The zero-order valence-electron chi connectivity index (χ0n) is 13.5. The van der Waals surface area contributed by atoms with Crippen molar-refractivity contribution in [2.45, 2.75) is 64.8 Å². The maximum absolute atomic E-state index is 4.77. The molecule has 116 valence electrons. The van der Waals surface area contributed by atoms with Crippen molar-refractivity contribution in [2.24, 2.45) is 0 Å². The summed E-state index contributed by atoms with van der Waals surface area (Å²) in [5.41, 5.74) is 3.87. The molecule has 4 heteroatoms. The predicted molar refractivity (Wildman–Crippen MR) is 86.8 cm³/mol. The molecule has 1 saturated heterocycles. The topological polar surface area (TPSA) is 41.0 Å². The van der Waals surface area contributed by atoms with E-state index in [0.717, 1.165) is 31.9 Å². The van der Waals surface area contributed by atoms with Crippen LogP contribution in [-0.2, 0) is 12.8 Å². The number of likely N-dealkylation sites (tertiary alicyclic amines) is 1. The quantitative estimate of drug-likeness (QED) is 0.925. The number of aromatic nitrogens is 2. The second kappa shape index (κ2) is 6.73. The summed E-state index contributed by atoms with van der Waals surface area (Å²) in [6.07, 6.45) is 8.84. The van der Waals surface area contributed by atoms with Crippen molar-refractivity contribution in [3.63, 3.8) is 0 Å². The van der Waals surface area contributed by atoms with E-state index in [1.54, 1.807) is 0 Å². The summed E-state index contributed by atoms with van der Waals surface area (Å²) < 4.78 is 0. The average molecular weight is 288 g/mol. The first-order chi connectivity index (χ1) is 10.3. The molecular weight excluding hydrogens is 260 g/mol. The monoisotopic (exact) mass is 288 g/mol. The Bertz CT molecular complexity index is 486. The first-order valence-corrected chi connectivity index (χ1v) is 8.62. The molecule has 21 heavy (non-hydrogen) atoms. The summed E-state index contributed by atoms with van der Waals surface area (Å²) >= 11 is 0. The van der Waals surface area contributed by atoms with E-state index >= 15 is 0 Å². The van der Waals surface area contributed by atoms with Crippen LogP contribution in [0.5, 0.6) is 0 Å². The molecular formula is C17H28N4. The first-order valence-electron chi connectivity index (χ1n) is 8.62. The minimum Gasteiger partial charge on any atom is -0.353 e. The lowest BCUT2D eigenvalue weighted by Crippen LogP contribution is -2.43. The lowest BCUT2D eigenvalue weighted by molar-refractivity contribution is 0.164. The lowest BCUT2D eigenvalue weighted by Gasteiger charge is -2.35. The molecule has 4 nitrogen and oxygen atoms in total. The van der Waals surface area contributed by atoms with Crippen molar-refractivity contribution in [3.8, 4) is 0 Å². The number of piperidine rings is 1. The number of likely N-dealkylation sites (N-methyl/N-ethyl adjacent to an activating group) is 1. The van der Waals surface area contributed by atoms with E-state index in [2.05, 4.69) is 29.0 Å². The number of aryl methyl sites for hydroxylation is 2. The molecule has 1 aromatic rings. The molecule has 1 fully saturated rings. The number of fused-ring (bicyclic) bond motifs is 1. The Labute approximate surface area is 128 Å². The molecule has 0 spiro atoms. The van der Waals surface area contributed by atoms with E-state index < -0.39 is 0 Å². The fourth-order valence-corrected chi connectivity index (χ4v) is 3.78. The van der Waals surface area contributed by atoms with Crippen molar-refractivity contribution >= 4 is 5.95 Å². The van der Waals surface area contributed by atoms with Gasteiger partial charge in [0.15, 0.2) is 0 Å². The summed E-state index contributed by atoms with van der Waals surface area (Å²) in [6, 6.07) is 0.642. The van der Waals surface area contributed by atoms with Gasteiger partial charge in [-0.25, -0.2) is 9.97 Å². The Hall–Kier alpha value is -1.16. The standard InChI is InChI=1S/C17H28N4/c1-3-21-11-7-6-8-14(21)12-18-17-19-13(2)15-9-4-5-10-16(15)20-17/h14H,3-12H2,1-2H3,(H,18,19,20). The van der Waals surface area contributed by atoms with Crippen LogP contribution < -0.4 is 5.32 Å². The molecule has 1 N–H and O–H groups in total. The molecule has 0 bridgehead atoms. The highest BCUT2D eigenvalue weighted by atomic mass is 15.2. The van der Waals surface area contributed by atoms with E-state index in [1.807, 2.05) is 0 Å². The molecule has 2 heterocycles. The third-order valence-corrected chi connectivity index (χ3v) is 5.04. The van der Waals surface area contributed by atoms with Crippen LogP contribution in [0, 0.1) is 6.92 Å². The van der Waals surface area contributed by atoms with Crippen LogP contribution in [-0.4, -0.2) is 40.5 Å². The van der Waals surface area contributed by atoms with E-state index in [-0.39, 0.29) is 0 Å². The van der Waals surface area contributed by atoms with Gasteiger partial charge in [0, 0.05) is 24.0 Å². The van der Waals surface area contributed by atoms with Crippen LogP contribution in [0.25, 0.3) is 0 Å². The molecule has 0 radical (unpaired) electrons. The Balaban J connectivity index is 1.66. The second-order valence-electron chi connectivity index (χ2n) is 6.42. The van der Waals surface area contributed by atoms with Crippen LogP contribution in [0.1, 0.15) is 56.0 Å². The smallest absolute Gasteiger partial charge is 0.223 e. The normalized spacial score (nSPS) is 22.9. The number of rotatable bonds is 4. The minimum atomic E-state index is 0.642. The van der Waals surface area contributed by atoms with Gasteiger partial charge in [0.2, 0.25) is 5.95 Å². The zero-order chi connectivity index (χ0) is 14.7. The Kier molecular flexibility index (Phi) is 4.73. The minimum absolute atomic E-state index is 0.642. The largest absolute Gasteiger partial charge is 0.353 e. The van der Waals surface area contributed by atoms with Crippen LogP contribution in [0.3, 0.4) is 0 Å². The third-order valence-electron chi connectivity index (χ3n) is 5.04. The third kappa shape index (κ3) is 3.37. The molecule has 1 aliphatic heterocycles. The maximum Gasteiger partial charge on any atom is 0.223 e. The van der Waals surface area contributed by atoms with Crippen LogP contribution in [0.4, 0.5) is 5.95 Å². The SMILES string of the molecule is CCN1CCCCC1CNc1nc(C)c2c(n1)CCCC2. The Morgan fingerprint density at radius 1 is 1.14 bits per heavy atom. The fraction of sp³-hybridized carbons (Fsp3) is 0.765. The number of nitrogens with one attached hydrogen (secondary N) is 1. The molecule has 0 amide bonds. The van der Waals surface area contributed by atoms with Crippen molar-refractivity contribution in [3.05, 3.63) is 17.0 Å². The Morgan fingerprint density at radius 2 is 2.00 bits per heavy atom. The van der Waals surface area contributed by atoms with Crippen molar-refractivity contribution < 1.29 is 0 Å². The molecule has 3 rings (SSSR count). The molecule has 0 aromatic carbocycles.